The molecule has 11 rings (SSSR count). The molecular formula is C51H52N8O5. The Morgan fingerprint density at radius 3 is 2.03 bits per heavy atom. The van der Waals surface area contributed by atoms with Gasteiger partial charge in [-0.1, -0.05) is 80.6 Å². The number of rotatable bonds is 10. The standard InChI is InChI=1S/C51H52N8O5/c1-27(2)41(57-51(63)64-3)49(61)58-23-7-10-40(58)46-52-38-21-16-32-24-30(14-19-36(32)43(38)54-46)31-15-20-37-33(25-31)17-22-39-44(37)55-47(53-39)45-34-13-18-35(26-34)59(45)50(62)42(28-8-5-4-6-9-28)56-48(60)29-11-12-29/h4-6,8-9,14-17,19-22,24-25,27,29,34-35,40-42,45H,7,10-13,18,23,26H2,1-3H3,(H,52,54)(H,53,55)(H,56,60)(H,57,63)/t34-,35+,40-,41?,42+,45-/m0/s1. The van der Waals surface area contributed by atoms with Gasteiger partial charge in [-0.25, -0.2) is 14.8 Å². The van der Waals surface area contributed by atoms with Crippen LogP contribution in [-0.2, 0) is 19.1 Å². The summed E-state index contributed by atoms with van der Waals surface area (Å²) in [5.74, 6) is 1.49. The van der Waals surface area contributed by atoms with Crippen molar-refractivity contribution in [3.05, 3.63) is 108 Å². The third-order valence-corrected chi connectivity index (χ3v) is 14.3. The number of alkyl carbamates (subject to hydrolysis) is 1. The van der Waals surface area contributed by atoms with Crippen molar-refractivity contribution in [3.63, 3.8) is 0 Å². The normalized spacial score (nSPS) is 21.6. The quantitative estimate of drug-likeness (QED) is 0.107. The van der Waals surface area contributed by atoms with Crippen LogP contribution < -0.4 is 10.6 Å². The van der Waals surface area contributed by atoms with Gasteiger partial charge in [-0.15, -0.1) is 0 Å². The van der Waals surface area contributed by atoms with Crippen molar-refractivity contribution in [3.8, 4) is 11.1 Å². The second kappa shape index (κ2) is 15.8. The van der Waals surface area contributed by atoms with Gasteiger partial charge >= 0.3 is 6.09 Å². The highest BCUT2D eigenvalue weighted by atomic mass is 16.5. The monoisotopic (exact) mass is 856 g/mol. The van der Waals surface area contributed by atoms with Crippen LogP contribution in [0.25, 0.3) is 54.7 Å². The van der Waals surface area contributed by atoms with Crippen LogP contribution in [-0.4, -0.2) is 79.3 Å². The third-order valence-electron chi connectivity index (χ3n) is 14.3. The minimum Gasteiger partial charge on any atom is -0.453 e. The Morgan fingerprint density at radius 1 is 0.734 bits per heavy atom. The SMILES string of the molecule is COC(=O)NC(C(=O)N1CCC[C@H]1c1nc2ccc3cc(-c4ccc5c(ccc6nc([C@@H]7[C@H]8CC[C@H](C8)N7C(=O)[C@H](NC(=O)C7CC7)c7ccccc7)[nH]c65)c4)ccc3c2[nH]1)C(C)C. The molecule has 1 unspecified atom stereocenters. The molecule has 6 atom stereocenters. The zero-order valence-corrected chi connectivity index (χ0v) is 36.3. The van der Waals surface area contributed by atoms with E-state index < -0.39 is 18.2 Å². The number of amides is 4. The Morgan fingerprint density at radius 2 is 1.39 bits per heavy atom. The van der Waals surface area contributed by atoms with E-state index in [1.165, 1.54) is 7.11 Å². The Labute approximate surface area is 370 Å². The highest BCUT2D eigenvalue weighted by molar-refractivity contribution is 6.07. The van der Waals surface area contributed by atoms with Crippen molar-refractivity contribution >= 4 is 67.4 Å². The summed E-state index contributed by atoms with van der Waals surface area (Å²) in [5, 5.41) is 10.1. The summed E-state index contributed by atoms with van der Waals surface area (Å²) < 4.78 is 4.81. The Hall–Kier alpha value is -6.76. The predicted octanol–water partition coefficient (Wildman–Crippen LogP) is 8.78. The summed E-state index contributed by atoms with van der Waals surface area (Å²) in [7, 11) is 1.30. The van der Waals surface area contributed by atoms with Gasteiger partial charge < -0.3 is 35.1 Å². The number of hydrogen-bond acceptors (Lipinski definition) is 7. The minimum atomic E-state index is -0.736. The lowest BCUT2D eigenvalue weighted by atomic mass is 9.96. The molecule has 0 radical (unpaired) electrons. The first-order valence-corrected chi connectivity index (χ1v) is 22.8. The number of carbonyl (C=O) groups is 4. The Balaban J connectivity index is 0.867. The van der Waals surface area contributed by atoms with E-state index in [9.17, 15) is 19.2 Å². The number of likely N-dealkylation sites (tertiary alicyclic amines) is 2. The van der Waals surface area contributed by atoms with Gasteiger partial charge in [0.25, 0.3) is 5.91 Å². The van der Waals surface area contributed by atoms with E-state index >= 15 is 0 Å². The number of nitrogens with one attached hydrogen (secondary N) is 4. The van der Waals surface area contributed by atoms with Crippen molar-refractivity contribution in [1.82, 2.24) is 40.4 Å². The van der Waals surface area contributed by atoms with Gasteiger partial charge in [0.2, 0.25) is 11.8 Å². The lowest BCUT2D eigenvalue weighted by Gasteiger charge is -2.37. The largest absolute Gasteiger partial charge is 0.453 e. The number of methoxy groups -OCH3 is 1. The molecule has 4 amide bonds. The molecule has 0 spiro atoms. The number of aromatic amines is 2. The summed E-state index contributed by atoms with van der Waals surface area (Å²) >= 11 is 0. The average molecular weight is 857 g/mol. The molecule has 2 aromatic heterocycles. The first-order chi connectivity index (χ1) is 31.1. The number of aromatic nitrogens is 4. The number of fused-ring (bicyclic) bond motifs is 8. The van der Waals surface area contributed by atoms with E-state index in [2.05, 4.69) is 75.2 Å². The van der Waals surface area contributed by atoms with Crippen LogP contribution in [0.3, 0.4) is 0 Å². The fraction of sp³-hybridized carbons (Fsp3) is 0.373. The topological polar surface area (TPSA) is 165 Å². The summed E-state index contributed by atoms with van der Waals surface area (Å²) in [4.78, 5) is 74.9. The molecule has 64 heavy (non-hydrogen) atoms. The number of hydrogen-bond donors (Lipinski definition) is 4. The number of piperidine rings is 1. The van der Waals surface area contributed by atoms with E-state index in [0.29, 0.717) is 12.5 Å². The summed E-state index contributed by atoms with van der Waals surface area (Å²) in [6, 6.07) is 29.2. The number of H-pyrrole nitrogens is 2. The molecule has 2 aliphatic heterocycles. The fourth-order valence-electron chi connectivity index (χ4n) is 10.9. The molecule has 2 aliphatic carbocycles. The van der Waals surface area contributed by atoms with Crippen molar-refractivity contribution in [1.29, 1.82) is 0 Å². The van der Waals surface area contributed by atoms with Crippen LogP contribution >= 0.6 is 0 Å². The van der Waals surface area contributed by atoms with Gasteiger partial charge in [-0.3, -0.25) is 14.4 Å². The molecule has 4 aliphatic rings. The van der Waals surface area contributed by atoms with Gasteiger partial charge in [0.15, 0.2) is 0 Å². The van der Waals surface area contributed by atoms with E-state index in [0.717, 1.165) is 117 Å². The van der Waals surface area contributed by atoms with E-state index in [1.807, 2.05) is 60.0 Å². The average Bonchev–Trinajstić information content (AvgIpc) is 3.80. The molecule has 2 saturated carbocycles. The van der Waals surface area contributed by atoms with Crippen molar-refractivity contribution in [2.75, 3.05) is 13.7 Å². The molecule has 13 nitrogen and oxygen atoms in total. The zero-order valence-electron chi connectivity index (χ0n) is 36.3. The maximum Gasteiger partial charge on any atom is 0.407 e. The molecule has 5 aromatic carbocycles. The van der Waals surface area contributed by atoms with Crippen molar-refractivity contribution < 1.29 is 23.9 Å². The maximum absolute atomic E-state index is 14.6. The Kier molecular flexibility index (Phi) is 9.88. The first kappa shape index (κ1) is 40.0. The fourth-order valence-corrected chi connectivity index (χ4v) is 10.9. The molecular weight excluding hydrogens is 805 g/mol. The number of nitrogens with zero attached hydrogens (tertiary/aromatic N) is 4. The zero-order chi connectivity index (χ0) is 43.8. The number of imidazole rings is 2. The summed E-state index contributed by atoms with van der Waals surface area (Å²) in [5.41, 5.74) is 6.56. The number of carbonyl (C=O) groups excluding carboxylic acids is 4. The van der Waals surface area contributed by atoms with Crippen LogP contribution in [0.5, 0.6) is 0 Å². The molecule has 4 N–H and O–H groups in total. The lowest BCUT2D eigenvalue weighted by molar-refractivity contribution is -0.141. The lowest BCUT2D eigenvalue weighted by Crippen LogP contribution is -2.51. The van der Waals surface area contributed by atoms with Crippen molar-refractivity contribution in [2.45, 2.75) is 89.0 Å². The first-order valence-electron chi connectivity index (χ1n) is 22.8. The highest BCUT2D eigenvalue weighted by Crippen LogP contribution is 2.51. The van der Waals surface area contributed by atoms with Gasteiger partial charge in [-0.2, -0.15) is 0 Å². The van der Waals surface area contributed by atoms with E-state index in [-0.39, 0.29) is 47.7 Å². The summed E-state index contributed by atoms with van der Waals surface area (Å²) in [6.45, 7) is 4.42. The van der Waals surface area contributed by atoms with Crippen LogP contribution in [0.2, 0.25) is 0 Å². The maximum atomic E-state index is 14.6. The van der Waals surface area contributed by atoms with Gasteiger partial charge in [-0.05, 0) is 109 Å². The molecule has 2 bridgehead atoms. The van der Waals surface area contributed by atoms with Crippen LogP contribution in [0, 0.1) is 17.8 Å². The van der Waals surface area contributed by atoms with E-state index in [4.69, 9.17) is 14.7 Å². The second-order valence-corrected chi connectivity index (χ2v) is 18.6. The smallest absolute Gasteiger partial charge is 0.407 e. The van der Waals surface area contributed by atoms with Crippen LogP contribution in [0.1, 0.15) is 94.1 Å². The Bertz CT molecular complexity index is 2990. The molecule has 2 saturated heterocycles. The van der Waals surface area contributed by atoms with E-state index in [1.54, 1.807) is 0 Å². The number of benzene rings is 5. The van der Waals surface area contributed by atoms with Gasteiger partial charge in [0.1, 0.15) is 23.7 Å². The van der Waals surface area contributed by atoms with Crippen molar-refractivity contribution in [2.24, 2.45) is 17.8 Å². The van der Waals surface area contributed by atoms with Gasteiger partial charge in [0.05, 0.1) is 41.3 Å². The predicted molar refractivity (Wildman–Crippen MR) is 245 cm³/mol. The summed E-state index contributed by atoms with van der Waals surface area (Å²) in [6.07, 6.45) is 5.68. The molecule has 4 heterocycles. The third kappa shape index (κ3) is 6.92. The minimum absolute atomic E-state index is 0.00429. The molecule has 4 fully saturated rings. The molecule has 7 aromatic rings. The second-order valence-electron chi connectivity index (χ2n) is 18.6. The highest BCUT2D eigenvalue weighted by Gasteiger charge is 2.52. The van der Waals surface area contributed by atoms with Crippen LogP contribution in [0.4, 0.5) is 4.79 Å². The van der Waals surface area contributed by atoms with Gasteiger partial charge in [0, 0.05) is 29.3 Å². The van der Waals surface area contributed by atoms with Crippen LogP contribution in [0.15, 0.2) is 91.0 Å². The number of ether oxygens (including phenoxy) is 1. The molecule has 326 valence electrons. The molecule has 13 heteroatoms.